The molecule has 1 saturated heterocycles. The number of fused-ring (bicyclic) bond motifs is 1. The maximum Gasteiger partial charge on any atom is 0.345 e. The number of nitro benzene ring substituents is 1. The van der Waals surface area contributed by atoms with Crippen molar-refractivity contribution in [2.75, 3.05) is 43.6 Å². The van der Waals surface area contributed by atoms with Crippen molar-refractivity contribution in [3.8, 4) is 0 Å². The van der Waals surface area contributed by atoms with Gasteiger partial charge in [0.05, 0.1) is 42.6 Å². The fourth-order valence-electron chi connectivity index (χ4n) is 3.50. The lowest BCUT2D eigenvalue weighted by Gasteiger charge is -2.29. The molecule has 0 unspecified atom stereocenters. The Kier molecular flexibility index (Phi) is 5.88. The van der Waals surface area contributed by atoms with Crippen LogP contribution in [0.15, 0.2) is 42.6 Å². The number of nitro groups is 1. The number of hydrogen-bond acceptors (Lipinski definition) is 8. The number of methoxy groups -OCH3 is 1. The first-order valence-electron chi connectivity index (χ1n) is 9.52. The highest BCUT2D eigenvalue weighted by Gasteiger charge is 2.28. The van der Waals surface area contributed by atoms with Crippen molar-refractivity contribution in [1.82, 2.24) is 4.98 Å². The largest absolute Gasteiger partial charge is 0.465 e. The number of nitrogens with zero attached hydrogens (tertiary/aromatic N) is 3. The van der Waals surface area contributed by atoms with Crippen LogP contribution in [-0.2, 0) is 9.47 Å². The summed E-state index contributed by atoms with van der Waals surface area (Å²) in [5.74, 6) is -0.781. The van der Waals surface area contributed by atoms with Crippen molar-refractivity contribution >= 4 is 51.2 Å². The zero-order valence-electron chi connectivity index (χ0n) is 16.6. The number of esters is 1. The Labute approximate surface area is 182 Å². The molecule has 9 nitrogen and oxygen atoms in total. The van der Waals surface area contributed by atoms with E-state index in [1.54, 1.807) is 24.4 Å². The maximum absolute atomic E-state index is 12.4. The van der Waals surface area contributed by atoms with Gasteiger partial charge in [-0.25, -0.2) is 4.79 Å². The zero-order chi connectivity index (χ0) is 22.0. The fraction of sp³-hybridized carbons (Fsp3) is 0.238. The van der Waals surface area contributed by atoms with Crippen molar-refractivity contribution in [1.29, 1.82) is 0 Å². The normalized spacial score (nSPS) is 13.8. The van der Waals surface area contributed by atoms with Gasteiger partial charge in [-0.15, -0.1) is 0 Å². The van der Waals surface area contributed by atoms with Gasteiger partial charge in [0, 0.05) is 29.2 Å². The average Bonchev–Trinajstić information content (AvgIpc) is 2.78. The Hall–Kier alpha value is -3.43. The Balaban J connectivity index is 1.81. The molecule has 2 heterocycles. The summed E-state index contributed by atoms with van der Waals surface area (Å²) in [6.45, 7) is 2.28. The molecule has 0 amide bonds. The molecule has 0 spiro atoms. The molecule has 1 fully saturated rings. The molecule has 2 aromatic carbocycles. The van der Waals surface area contributed by atoms with Crippen LogP contribution in [0.5, 0.6) is 0 Å². The number of morpholine rings is 1. The highest BCUT2D eigenvalue weighted by Crippen LogP contribution is 2.37. The quantitative estimate of drug-likeness (QED) is 0.356. The molecule has 1 aromatic heterocycles. The van der Waals surface area contributed by atoms with Crippen LogP contribution >= 0.6 is 11.6 Å². The minimum atomic E-state index is -0.781. The molecule has 4 rings (SSSR count). The number of aromatic nitrogens is 1. The summed E-state index contributed by atoms with van der Waals surface area (Å²) in [7, 11) is 1.19. The van der Waals surface area contributed by atoms with Gasteiger partial charge in [-0.3, -0.25) is 15.1 Å². The Morgan fingerprint density at radius 1 is 1.26 bits per heavy atom. The minimum Gasteiger partial charge on any atom is -0.465 e. The minimum absolute atomic E-state index is 0.125. The van der Waals surface area contributed by atoms with Gasteiger partial charge in [0.1, 0.15) is 11.3 Å². The van der Waals surface area contributed by atoms with Crippen molar-refractivity contribution < 1.29 is 19.2 Å². The molecule has 0 saturated carbocycles. The average molecular weight is 443 g/mol. The summed E-state index contributed by atoms with van der Waals surface area (Å²) in [5, 5.41) is 16.3. The second-order valence-corrected chi connectivity index (χ2v) is 7.36. The van der Waals surface area contributed by atoms with E-state index < -0.39 is 10.9 Å². The molecule has 1 aliphatic heterocycles. The first-order valence-corrected chi connectivity index (χ1v) is 9.90. The molecule has 0 aliphatic carbocycles. The van der Waals surface area contributed by atoms with Crippen LogP contribution in [-0.4, -0.2) is 49.3 Å². The number of ether oxygens (including phenoxy) is 2. The third-order valence-corrected chi connectivity index (χ3v) is 5.22. The van der Waals surface area contributed by atoms with Crippen LogP contribution in [0, 0.1) is 10.1 Å². The Bertz CT molecular complexity index is 1160. The predicted octanol–water partition coefficient (Wildman–Crippen LogP) is 4.16. The third-order valence-electron chi connectivity index (χ3n) is 4.98. The predicted molar refractivity (Wildman–Crippen MR) is 118 cm³/mol. The second-order valence-electron chi connectivity index (χ2n) is 6.92. The SMILES string of the molecule is COC(=O)c1cc(N2CCOCC2)cc(Nc2cnc3cc(Cl)ccc3c2)c1[N+](=O)[O-]. The molecular weight excluding hydrogens is 424 g/mol. The van der Waals surface area contributed by atoms with Gasteiger partial charge in [0.2, 0.25) is 0 Å². The van der Waals surface area contributed by atoms with Crippen LogP contribution in [0.3, 0.4) is 0 Å². The summed E-state index contributed by atoms with van der Waals surface area (Å²) >= 11 is 6.01. The van der Waals surface area contributed by atoms with Crippen molar-refractivity contribution in [2.24, 2.45) is 0 Å². The Morgan fingerprint density at radius 3 is 2.74 bits per heavy atom. The van der Waals surface area contributed by atoms with E-state index in [0.717, 1.165) is 5.39 Å². The number of hydrogen-bond donors (Lipinski definition) is 1. The maximum atomic E-state index is 12.4. The number of carbonyl (C=O) groups excluding carboxylic acids is 1. The van der Waals surface area contributed by atoms with Crippen LogP contribution in [0.2, 0.25) is 5.02 Å². The molecule has 0 radical (unpaired) electrons. The zero-order valence-corrected chi connectivity index (χ0v) is 17.4. The lowest BCUT2D eigenvalue weighted by molar-refractivity contribution is -0.384. The first-order chi connectivity index (χ1) is 15.0. The topological polar surface area (TPSA) is 107 Å². The summed E-state index contributed by atoms with van der Waals surface area (Å²) in [5.41, 5.74) is 1.58. The van der Waals surface area contributed by atoms with Gasteiger partial charge in [0.25, 0.3) is 0 Å². The number of nitrogens with one attached hydrogen (secondary N) is 1. The van der Waals surface area contributed by atoms with E-state index in [-0.39, 0.29) is 16.9 Å². The van der Waals surface area contributed by atoms with Gasteiger partial charge in [-0.1, -0.05) is 17.7 Å². The third kappa shape index (κ3) is 4.37. The number of rotatable bonds is 5. The van der Waals surface area contributed by atoms with Crippen molar-refractivity contribution in [2.45, 2.75) is 0 Å². The molecule has 160 valence electrons. The van der Waals surface area contributed by atoms with E-state index in [1.165, 1.54) is 13.2 Å². The van der Waals surface area contributed by atoms with Crippen LogP contribution < -0.4 is 10.2 Å². The molecule has 3 aromatic rings. The summed E-state index contributed by atoms with van der Waals surface area (Å²) in [4.78, 5) is 30.0. The lowest BCUT2D eigenvalue weighted by Crippen LogP contribution is -2.36. The van der Waals surface area contributed by atoms with E-state index in [0.29, 0.717) is 48.2 Å². The summed E-state index contributed by atoms with van der Waals surface area (Å²) in [6, 6.07) is 10.2. The second kappa shape index (κ2) is 8.75. The first kappa shape index (κ1) is 20.8. The number of halogens is 1. The fourth-order valence-corrected chi connectivity index (χ4v) is 3.67. The lowest BCUT2D eigenvalue weighted by atomic mass is 10.1. The molecular formula is C21H19ClN4O5. The standard InChI is InChI=1S/C21H19ClN4O5/c1-30-21(27)17-10-16(25-4-6-31-7-5-25)11-19(20(17)26(28)29)24-15-8-13-2-3-14(22)9-18(13)23-12-15/h2-3,8-12,24H,4-7H2,1H3. The van der Waals surface area contributed by atoms with Gasteiger partial charge >= 0.3 is 11.7 Å². The van der Waals surface area contributed by atoms with E-state index in [9.17, 15) is 14.9 Å². The van der Waals surface area contributed by atoms with E-state index in [1.807, 2.05) is 17.0 Å². The van der Waals surface area contributed by atoms with E-state index in [4.69, 9.17) is 21.1 Å². The number of carbonyl (C=O) groups is 1. The van der Waals surface area contributed by atoms with Crippen LogP contribution in [0.1, 0.15) is 10.4 Å². The molecule has 0 atom stereocenters. The number of benzene rings is 2. The van der Waals surface area contributed by atoms with E-state index in [2.05, 4.69) is 10.3 Å². The van der Waals surface area contributed by atoms with Gasteiger partial charge < -0.3 is 19.7 Å². The number of pyridine rings is 1. The molecule has 10 heteroatoms. The summed E-state index contributed by atoms with van der Waals surface area (Å²) in [6.07, 6.45) is 1.56. The molecule has 1 aliphatic rings. The smallest absolute Gasteiger partial charge is 0.345 e. The number of anilines is 3. The highest BCUT2D eigenvalue weighted by atomic mass is 35.5. The molecule has 1 N–H and O–H groups in total. The monoisotopic (exact) mass is 442 g/mol. The molecule has 31 heavy (non-hydrogen) atoms. The highest BCUT2D eigenvalue weighted by molar-refractivity contribution is 6.31. The van der Waals surface area contributed by atoms with Crippen molar-refractivity contribution in [3.63, 3.8) is 0 Å². The van der Waals surface area contributed by atoms with E-state index >= 15 is 0 Å². The van der Waals surface area contributed by atoms with Crippen LogP contribution in [0.25, 0.3) is 10.9 Å². The van der Waals surface area contributed by atoms with Crippen molar-refractivity contribution in [3.05, 3.63) is 63.3 Å². The van der Waals surface area contributed by atoms with Gasteiger partial charge in [0.15, 0.2) is 0 Å². The van der Waals surface area contributed by atoms with Crippen LogP contribution in [0.4, 0.5) is 22.7 Å². The summed E-state index contributed by atoms with van der Waals surface area (Å²) < 4.78 is 10.2. The van der Waals surface area contributed by atoms with Gasteiger partial charge in [-0.2, -0.15) is 0 Å². The van der Waals surface area contributed by atoms with Gasteiger partial charge in [-0.05, 0) is 30.3 Å². The molecule has 0 bridgehead atoms. The Morgan fingerprint density at radius 2 is 2.03 bits per heavy atom.